The molecular weight excluding hydrogens is 312 g/mol. The molecular formula is C17H23ClN4O. The van der Waals surface area contributed by atoms with Crippen LogP contribution in [-0.2, 0) is 7.05 Å². The van der Waals surface area contributed by atoms with Crippen molar-refractivity contribution in [3.8, 4) is 17.0 Å². The van der Waals surface area contributed by atoms with Crippen molar-refractivity contribution in [2.75, 3.05) is 32.0 Å². The number of ether oxygens (including phenoxy) is 1. The van der Waals surface area contributed by atoms with Gasteiger partial charge in [0.2, 0.25) is 0 Å². The molecule has 0 spiro atoms. The molecule has 1 aromatic carbocycles. The van der Waals surface area contributed by atoms with Crippen LogP contribution in [0.15, 0.2) is 24.4 Å². The van der Waals surface area contributed by atoms with Crippen molar-refractivity contribution in [2.24, 2.45) is 7.05 Å². The normalized spacial score (nSPS) is 15.7. The minimum absolute atomic E-state index is 0.596. The molecule has 23 heavy (non-hydrogen) atoms. The van der Waals surface area contributed by atoms with Gasteiger partial charge < -0.3 is 10.5 Å². The number of aromatic nitrogens is 2. The topological polar surface area (TPSA) is 56.3 Å². The molecule has 0 unspecified atom stereocenters. The van der Waals surface area contributed by atoms with Crippen LogP contribution >= 0.6 is 11.6 Å². The van der Waals surface area contributed by atoms with Gasteiger partial charge in [0, 0.05) is 24.8 Å². The SMILES string of the molecule is Cn1ncc(Cl)c1-c1cc(N)ccc1OCCN1CCCCC1. The van der Waals surface area contributed by atoms with Gasteiger partial charge in [-0.2, -0.15) is 5.10 Å². The van der Waals surface area contributed by atoms with E-state index in [0.717, 1.165) is 23.6 Å². The Balaban J connectivity index is 1.74. The lowest BCUT2D eigenvalue weighted by Gasteiger charge is -2.26. The number of nitrogens with zero attached hydrogens (tertiary/aromatic N) is 3. The highest BCUT2D eigenvalue weighted by molar-refractivity contribution is 6.33. The number of halogens is 1. The summed E-state index contributed by atoms with van der Waals surface area (Å²) < 4.78 is 7.78. The first-order chi connectivity index (χ1) is 11.1. The van der Waals surface area contributed by atoms with E-state index in [0.29, 0.717) is 17.3 Å². The highest BCUT2D eigenvalue weighted by atomic mass is 35.5. The maximum Gasteiger partial charge on any atom is 0.128 e. The van der Waals surface area contributed by atoms with Crippen LogP contribution < -0.4 is 10.5 Å². The van der Waals surface area contributed by atoms with Crippen LogP contribution in [0.4, 0.5) is 5.69 Å². The number of hydrogen-bond acceptors (Lipinski definition) is 4. The first kappa shape index (κ1) is 16.1. The minimum atomic E-state index is 0.596. The van der Waals surface area contributed by atoms with Crippen LogP contribution in [0.1, 0.15) is 19.3 Å². The van der Waals surface area contributed by atoms with E-state index in [1.54, 1.807) is 10.9 Å². The summed E-state index contributed by atoms with van der Waals surface area (Å²) in [6, 6.07) is 5.65. The third-order valence-electron chi connectivity index (χ3n) is 4.27. The van der Waals surface area contributed by atoms with E-state index in [4.69, 9.17) is 22.1 Å². The molecule has 0 aliphatic carbocycles. The number of likely N-dealkylation sites (tertiary alicyclic amines) is 1. The molecule has 1 aliphatic rings. The van der Waals surface area contributed by atoms with Crippen molar-refractivity contribution in [3.05, 3.63) is 29.4 Å². The predicted octanol–water partition coefficient (Wildman–Crippen LogP) is 3.19. The number of anilines is 1. The molecule has 124 valence electrons. The van der Waals surface area contributed by atoms with Crippen molar-refractivity contribution in [3.63, 3.8) is 0 Å². The third kappa shape index (κ3) is 3.79. The molecule has 1 saturated heterocycles. The molecule has 0 atom stereocenters. The van der Waals surface area contributed by atoms with Gasteiger partial charge in [-0.3, -0.25) is 9.58 Å². The Bertz CT molecular complexity index is 645. The maximum atomic E-state index is 6.27. The highest BCUT2D eigenvalue weighted by Gasteiger charge is 2.16. The average molecular weight is 335 g/mol. The Hall–Kier alpha value is -1.72. The van der Waals surface area contributed by atoms with Crippen LogP contribution in [0.25, 0.3) is 11.3 Å². The van der Waals surface area contributed by atoms with E-state index in [-0.39, 0.29) is 0 Å². The van der Waals surface area contributed by atoms with E-state index in [1.807, 2.05) is 25.2 Å². The molecule has 0 radical (unpaired) electrons. The molecule has 1 fully saturated rings. The van der Waals surface area contributed by atoms with Crippen molar-refractivity contribution in [1.82, 2.24) is 14.7 Å². The number of nitrogen functional groups attached to an aromatic ring is 1. The summed E-state index contributed by atoms with van der Waals surface area (Å²) in [5, 5.41) is 4.79. The maximum absolute atomic E-state index is 6.27. The number of benzene rings is 1. The molecule has 1 aromatic heterocycles. The van der Waals surface area contributed by atoms with Crippen molar-refractivity contribution in [2.45, 2.75) is 19.3 Å². The van der Waals surface area contributed by atoms with E-state index >= 15 is 0 Å². The summed E-state index contributed by atoms with van der Waals surface area (Å²) in [5.41, 5.74) is 8.33. The van der Waals surface area contributed by atoms with Gasteiger partial charge in [0.15, 0.2) is 0 Å². The van der Waals surface area contributed by atoms with Crippen molar-refractivity contribution < 1.29 is 4.74 Å². The van der Waals surface area contributed by atoms with Crippen LogP contribution in [0, 0.1) is 0 Å². The summed E-state index contributed by atoms with van der Waals surface area (Å²) in [6.07, 6.45) is 5.56. The van der Waals surface area contributed by atoms with E-state index in [1.165, 1.54) is 32.4 Å². The number of aryl methyl sites for hydroxylation is 1. The zero-order valence-corrected chi connectivity index (χ0v) is 14.2. The lowest BCUT2D eigenvalue weighted by molar-refractivity contribution is 0.183. The summed E-state index contributed by atoms with van der Waals surface area (Å²) in [5.74, 6) is 0.793. The monoisotopic (exact) mass is 334 g/mol. The number of hydrogen-bond donors (Lipinski definition) is 1. The largest absolute Gasteiger partial charge is 0.492 e. The standard InChI is InChI=1S/C17H23ClN4O/c1-21-17(15(18)12-20-21)14-11-13(19)5-6-16(14)23-10-9-22-7-3-2-4-8-22/h5-6,11-12H,2-4,7-10,19H2,1H3. The molecule has 2 N–H and O–H groups in total. The van der Waals surface area contributed by atoms with Crippen molar-refractivity contribution in [1.29, 1.82) is 0 Å². The first-order valence-electron chi connectivity index (χ1n) is 8.07. The van der Waals surface area contributed by atoms with Crippen LogP contribution in [-0.4, -0.2) is 40.9 Å². The van der Waals surface area contributed by atoms with E-state index < -0.39 is 0 Å². The molecule has 0 saturated carbocycles. The molecule has 0 amide bonds. The highest BCUT2D eigenvalue weighted by Crippen LogP contribution is 2.35. The Morgan fingerprint density at radius 3 is 2.74 bits per heavy atom. The second kappa shape index (κ2) is 7.23. The van der Waals surface area contributed by atoms with Gasteiger partial charge in [-0.25, -0.2) is 0 Å². The minimum Gasteiger partial charge on any atom is -0.492 e. The molecule has 6 heteroatoms. The van der Waals surface area contributed by atoms with Crippen LogP contribution in [0.2, 0.25) is 5.02 Å². The molecule has 2 heterocycles. The Morgan fingerprint density at radius 2 is 2.04 bits per heavy atom. The smallest absolute Gasteiger partial charge is 0.128 e. The van der Waals surface area contributed by atoms with Gasteiger partial charge in [0.05, 0.1) is 16.9 Å². The quantitative estimate of drug-likeness (QED) is 0.853. The summed E-state index contributed by atoms with van der Waals surface area (Å²) in [6.45, 7) is 3.95. The fraction of sp³-hybridized carbons (Fsp3) is 0.471. The molecule has 1 aliphatic heterocycles. The summed E-state index contributed by atoms with van der Waals surface area (Å²) in [7, 11) is 1.86. The van der Waals surface area contributed by atoms with Crippen molar-refractivity contribution >= 4 is 17.3 Å². The van der Waals surface area contributed by atoms with E-state index in [2.05, 4.69) is 10.00 Å². The number of rotatable bonds is 5. The van der Waals surface area contributed by atoms with Crippen LogP contribution in [0.3, 0.4) is 0 Å². The fourth-order valence-corrected chi connectivity index (χ4v) is 3.31. The number of nitrogens with two attached hydrogens (primary N) is 1. The predicted molar refractivity (Wildman–Crippen MR) is 93.9 cm³/mol. The van der Waals surface area contributed by atoms with Gasteiger partial charge >= 0.3 is 0 Å². The third-order valence-corrected chi connectivity index (χ3v) is 4.54. The Labute approximate surface area is 142 Å². The van der Waals surface area contributed by atoms with Gasteiger partial charge in [0.1, 0.15) is 12.4 Å². The zero-order chi connectivity index (χ0) is 16.2. The average Bonchev–Trinajstić information content (AvgIpc) is 2.89. The summed E-state index contributed by atoms with van der Waals surface area (Å²) >= 11 is 6.27. The molecule has 5 nitrogen and oxygen atoms in total. The van der Waals surface area contributed by atoms with Gasteiger partial charge in [-0.1, -0.05) is 18.0 Å². The molecule has 0 bridgehead atoms. The zero-order valence-electron chi connectivity index (χ0n) is 13.5. The van der Waals surface area contributed by atoms with Gasteiger partial charge in [-0.05, 0) is 44.1 Å². The Kier molecular flexibility index (Phi) is 5.08. The second-order valence-corrected chi connectivity index (χ2v) is 6.38. The summed E-state index contributed by atoms with van der Waals surface area (Å²) in [4.78, 5) is 2.46. The van der Waals surface area contributed by atoms with Gasteiger partial charge in [-0.15, -0.1) is 0 Å². The number of piperidine rings is 1. The lowest BCUT2D eigenvalue weighted by atomic mass is 10.1. The van der Waals surface area contributed by atoms with Gasteiger partial charge in [0.25, 0.3) is 0 Å². The Morgan fingerprint density at radius 1 is 1.26 bits per heavy atom. The molecule has 3 rings (SSSR count). The first-order valence-corrected chi connectivity index (χ1v) is 8.45. The molecule has 2 aromatic rings. The fourth-order valence-electron chi connectivity index (χ4n) is 3.04. The lowest BCUT2D eigenvalue weighted by Crippen LogP contribution is -2.33. The second-order valence-electron chi connectivity index (χ2n) is 5.97. The van der Waals surface area contributed by atoms with E-state index in [9.17, 15) is 0 Å². The van der Waals surface area contributed by atoms with Crippen LogP contribution in [0.5, 0.6) is 5.75 Å².